The molecule has 4 heteroatoms. The van der Waals surface area contributed by atoms with Crippen molar-refractivity contribution in [2.45, 2.75) is 0 Å². The Hall–Kier alpha value is -7.56. The topological polar surface area (TPSA) is 35.6 Å². The highest BCUT2D eigenvalue weighted by molar-refractivity contribution is 6.28. The summed E-state index contributed by atoms with van der Waals surface area (Å²) >= 11 is 0. The summed E-state index contributed by atoms with van der Waals surface area (Å²) in [6.07, 6.45) is 0. The van der Waals surface area contributed by atoms with E-state index < -0.39 is 0 Å². The molecular formula is C52H34N4. The predicted octanol–water partition coefficient (Wildman–Crippen LogP) is 13.3. The highest BCUT2D eigenvalue weighted by Gasteiger charge is 2.20. The third-order valence-corrected chi connectivity index (χ3v) is 10.9. The molecular weight excluding hydrogens is 681 g/mol. The minimum Gasteiger partial charge on any atom is -0.309 e. The van der Waals surface area contributed by atoms with E-state index in [1.165, 1.54) is 43.6 Å². The molecule has 0 fully saturated rings. The van der Waals surface area contributed by atoms with E-state index in [0.717, 1.165) is 50.6 Å². The number of rotatable bonds is 6. The van der Waals surface area contributed by atoms with E-state index in [1.807, 2.05) is 24.3 Å². The Morgan fingerprint density at radius 3 is 1.38 bits per heavy atom. The van der Waals surface area contributed by atoms with Gasteiger partial charge < -0.3 is 9.13 Å². The van der Waals surface area contributed by atoms with Gasteiger partial charge in [0.05, 0.1) is 33.5 Å². The molecule has 0 amide bonds. The second kappa shape index (κ2) is 13.1. The molecule has 0 aliphatic carbocycles. The van der Waals surface area contributed by atoms with Crippen LogP contribution in [0, 0.1) is 0 Å². The molecule has 3 heterocycles. The summed E-state index contributed by atoms with van der Waals surface area (Å²) in [4.78, 5) is 10.1. The molecule has 56 heavy (non-hydrogen) atoms. The molecule has 0 unspecified atom stereocenters. The number of fused-ring (bicyclic) bond motifs is 7. The van der Waals surface area contributed by atoms with Crippen molar-refractivity contribution in [2.24, 2.45) is 0 Å². The summed E-state index contributed by atoms with van der Waals surface area (Å²) in [5.41, 5.74) is 14.2. The van der Waals surface area contributed by atoms with Crippen LogP contribution in [0.1, 0.15) is 0 Å². The maximum atomic E-state index is 5.11. The van der Waals surface area contributed by atoms with Crippen LogP contribution in [-0.4, -0.2) is 19.1 Å². The largest absolute Gasteiger partial charge is 0.309 e. The third-order valence-electron chi connectivity index (χ3n) is 10.9. The van der Waals surface area contributed by atoms with E-state index >= 15 is 0 Å². The Labute approximate surface area is 324 Å². The van der Waals surface area contributed by atoms with Crippen molar-refractivity contribution in [1.29, 1.82) is 0 Å². The van der Waals surface area contributed by atoms with Crippen molar-refractivity contribution in [3.05, 3.63) is 206 Å². The van der Waals surface area contributed by atoms with Gasteiger partial charge in [-0.3, -0.25) is 0 Å². The molecule has 0 spiro atoms. The maximum Gasteiger partial charge on any atom is 0.160 e. The van der Waals surface area contributed by atoms with Gasteiger partial charge >= 0.3 is 0 Å². The predicted molar refractivity (Wildman–Crippen MR) is 232 cm³/mol. The van der Waals surface area contributed by atoms with Crippen LogP contribution < -0.4 is 0 Å². The lowest BCUT2D eigenvalue weighted by atomic mass is 10.00. The van der Waals surface area contributed by atoms with Crippen molar-refractivity contribution in [3.63, 3.8) is 0 Å². The van der Waals surface area contributed by atoms with Crippen molar-refractivity contribution in [2.75, 3.05) is 0 Å². The summed E-state index contributed by atoms with van der Waals surface area (Å²) in [5.74, 6) is 0.710. The average molecular weight is 715 g/mol. The van der Waals surface area contributed by atoms with Gasteiger partial charge in [-0.25, -0.2) is 9.97 Å². The highest BCUT2D eigenvalue weighted by atomic mass is 15.0. The molecule has 0 aliphatic rings. The van der Waals surface area contributed by atoms with E-state index in [2.05, 4.69) is 191 Å². The van der Waals surface area contributed by atoms with Gasteiger partial charge in [-0.1, -0.05) is 146 Å². The van der Waals surface area contributed by atoms with Crippen LogP contribution in [-0.2, 0) is 0 Å². The molecule has 0 saturated heterocycles. The fourth-order valence-electron chi connectivity index (χ4n) is 8.40. The molecule has 262 valence electrons. The Balaban J connectivity index is 1.07. The molecule has 0 N–H and O–H groups in total. The van der Waals surface area contributed by atoms with Crippen molar-refractivity contribution in [1.82, 2.24) is 19.1 Å². The summed E-state index contributed by atoms with van der Waals surface area (Å²) in [6.45, 7) is 0. The van der Waals surface area contributed by atoms with Gasteiger partial charge in [-0.15, -0.1) is 0 Å². The molecule has 0 saturated carbocycles. The van der Waals surface area contributed by atoms with Crippen molar-refractivity contribution >= 4 is 43.6 Å². The van der Waals surface area contributed by atoms with Crippen LogP contribution in [0.15, 0.2) is 206 Å². The van der Waals surface area contributed by atoms with Crippen LogP contribution in [0.2, 0.25) is 0 Å². The lowest BCUT2D eigenvalue weighted by molar-refractivity contribution is 1.17. The van der Waals surface area contributed by atoms with Gasteiger partial charge in [0.2, 0.25) is 0 Å². The second-order valence-corrected chi connectivity index (χ2v) is 14.2. The number of nitrogens with zero attached hydrogens (tertiary/aromatic N) is 4. The van der Waals surface area contributed by atoms with Gasteiger partial charge in [0.15, 0.2) is 5.82 Å². The second-order valence-electron chi connectivity index (χ2n) is 14.2. The molecule has 8 aromatic carbocycles. The van der Waals surface area contributed by atoms with Crippen molar-refractivity contribution < 1.29 is 0 Å². The fraction of sp³-hybridized carbons (Fsp3) is 0. The smallest absolute Gasteiger partial charge is 0.160 e. The lowest BCUT2D eigenvalue weighted by Gasteiger charge is -2.12. The van der Waals surface area contributed by atoms with Crippen molar-refractivity contribution in [3.8, 4) is 56.4 Å². The molecule has 11 aromatic rings. The lowest BCUT2D eigenvalue weighted by Crippen LogP contribution is -1.96. The van der Waals surface area contributed by atoms with E-state index in [1.54, 1.807) is 0 Å². The highest BCUT2D eigenvalue weighted by Crippen LogP contribution is 2.42. The molecule has 0 atom stereocenters. The number of benzene rings is 8. The molecule has 0 aliphatic heterocycles. The first kappa shape index (κ1) is 31.9. The van der Waals surface area contributed by atoms with Gasteiger partial charge in [-0.2, -0.15) is 0 Å². The first-order valence-electron chi connectivity index (χ1n) is 19.0. The Kier molecular flexibility index (Phi) is 7.46. The minimum absolute atomic E-state index is 0.710. The van der Waals surface area contributed by atoms with Crippen LogP contribution in [0.4, 0.5) is 0 Å². The normalized spacial score (nSPS) is 11.6. The molecule has 0 radical (unpaired) electrons. The van der Waals surface area contributed by atoms with E-state index in [-0.39, 0.29) is 0 Å². The van der Waals surface area contributed by atoms with Crippen LogP contribution in [0.3, 0.4) is 0 Å². The minimum atomic E-state index is 0.710. The van der Waals surface area contributed by atoms with E-state index in [0.29, 0.717) is 5.82 Å². The number of hydrogen-bond donors (Lipinski definition) is 0. The van der Waals surface area contributed by atoms with Gasteiger partial charge in [0.25, 0.3) is 0 Å². The van der Waals surface area contributed by atoms with Crippen LogP contribution in [0.5, 0.6) is 0 Å². The third kappa shape index (κ3) is 5.23. The molecule has 0 bridgehead atoms. The fourth-order valence-corrected chi connectivity index (χ4v) is 8.40. The quantitative estimate of drug-likeness (QED) is 0.172. The van der Waals surface area contributed by atoms with Crippen LogP contribution in [0.25, 0.3) is 100 Å². The standard InChI is InChI=1S/C52H34N4/c1-4-16-35(17-5-1)44-34-45(54-52(53-44)36-18-6-2-7-19-36)39-22-14-20-37(32-39)38-21-15-25-41(33-38)56-47-29-13-11-27-43(47)51-49(56)31-30-48-50(51)42-26-10-12-28-46(42)55(48)40-23-8-3-9-24-40/h1-34H. The maximum absolute atomic E-state index is 5.11. The summed E-state index contributed by atoms with van der Waals surface area (Å²) in [6, 6.07) is 73.1. The number of hydrogen-bond acceptors (Lipinski definition) is 2. The number of aromatic nitrogens is 4. The Bertz CT molecular complexity index is 3170. The first-order valence-corrected chi connectivity index (χ1v) is 19.0. The molecule has 3 aromatic heterocycles. The van der Waals surface area contributed by atoms with Crippen LogP contribution >= 0.6 is 0 Å². The SMILES string of the molecule is c1ccc(-c2cc(-c3cccc(-c4cccc(-n5c6ccccc6c6c7c8ccccc8n(-c8ccccc8)c7ccc65)c4)c3)nc(-c3ccccc3)n2)cc1. The monoisotopic (exact) mass is 714 g/mol. The van der Waals surface area contributed by atoms with Gasteiger partial charge in [0.1, 0.15) is 0 Å². The Morgan fingerprint density at radius 1 is 0.286 bits per heavy atom. The Morgan fingerprint density at radius 2 is 0.732 bits per heavy atom. The zero-order valence-electron chi connectivity index (χ0n) is 30.4. The zero-order chi connectivity index (χ0) is 37.0. The summed E-state index contributed by atoms with van der Waals surface area (Å²) < 4.78 is 4.82. The van der Waals surface area contributed by atoms with E-state index in [9.17, 15) is 0 Å². The summed E-state index contributed by atoms with van der Waals surface area (Å²) in [7, 11) is 0. The number of para-hydroxylation sites is 3. The van der Waals surface area contributed by atoms with E-state index in [4.69, 9.17) is 9.97 Å². The molecule has 4 nitrogen and oxygen atoms in total. The average Bonchev–Trinajstić information content (AvgIpc) is 3.80. The summed E-state index contributed by atoms with van der Waals surface area (Å²) in [5, 5.41) is 5.03. The molecule has 11 rings (SSSR count). The zero-order valence-corrected chi connectivity index (χ0v) is 30.4. The first-order chi connectivity index (χ1) is 27.8. The van der Waals surface area contributed by atoms with Gasteiger partial charge in [0, 0.05) is 49.6 Å². The van der Waals surface area contributed by atoms with Gasteiger partial charge in [-0.05, 0) is 71.8 Å².